The van der Waals surface area contributed by atoms with Crippen LogP contribution in [0.4, 0.5) is 5.69 Å². The van der Waals surface area contributed by atoms with Gasteiger partial charge in [-0.1, -0.05) is 48.0 Å². The van der Waals surface area contributed by atoms with Crippen LogP contribution in [0.2, 0.25) is 5.02 Å². The predicted octanol–water partition coefficient (Wildman–Crippen LogP) is 4.68. The zero-order valence-corrected chi connectivity index (χ0v) is 17.5. The minimum Gasteiger partial charge on any atom is -0.493 e. The molecule has 2 N–H and O–H groups in total. The summed E-state index contributed by atoms with van der Waals surface area (Å²) in [5.41, 5.74) is 4.58. The van der Waals surface area contributed by atoms with E-state index in [1.54, 1.807) is 18.2 Å². The number of anilines is 1. The summed E-state index contributed by atoms with van der Waals surface area (Å²) in [6.45, 7) is 4.28. The number of rotatable bonds is 7. The van der Waals surface area contributed by atoms with E-state index in [1.807, 2.05) is 50.2 Å². The van der Waals surface area contributed by atoms with Crippen LogP contribution in [0, 0.1) is 6.92 Å². The van der Waals surface area contributed by atoms with Crippen molar-refractivity contribution >= 4 is 46.1 Å². The Morgan fingerprint density at radius 3 is 2.67 bits per heavy atom. The highest BCUT2D eigenvalue weighted by Gasteiger charge is 2.11. The van der Waals surface area contributed by atoms with Crippen LogP contribution in [0.15, 0.2) is 59.7 Å². The number of ether oxygens (including phenoxy) is 1. The number of carbonyl (C=O) groups is 2. The molecular formula is C23H22ClN3O3. The van der Waals surface area contributed by atoms with Gasteiger partial charge in [0.05, 0.1) is 12.8 Å². The highest BCUT2D eigenvalue weighted by atomic mass is 35.5. The molecule has 3 aromatic carbocycles. The van der Waals surface area contributed by atoms with Crippen molar-refractivity contribution in [3.05, 3.63) is 70.7 Å². The van der Waals surface area contributed by atoms with Crippen molar-refractivity contribution in [3.8, 4) is 5.75 Å². The Bertz CT molecular complexity index is 1110. The molecule has 0 aromatic heterocycles. The number of carbonyl (C=O) groups excluding carboxylic acids is 2. The van der Waals surface area contributed by atoms with E-state index in [2.05, 4.69) is 15.8 Å². The summed E-state index contributed by atoms with van der Waals surface area (Å²) in [5.74, 6) is -0.314. The molecule has 3 aromatic rings. The quantitative estimate of drug-likeness (QED) is 0.329. The minimum absolute atomic E-state index is 0.364. The van der Waals surface area contributed by atoms with Crippen LogP contribution in [0.1, 0.15) is 24.5 Å². The van der Waals surface area contributed by atoms with Gasteiger partial charge in [-0.15, -0.1) is 0 Å². The van der Waals surface area contributed by atoms with E-state index < -0.39 is 11.8 Å². The number of hydrogen-bond acceptors (Lipinski definition) is 4. The van der Waals surface area contributed by atoms with E-state index in [0.29, 0.717) is 23.1 Å². The summed E-state index contributed by atoms with van der Waals surface area (Å²) < 4.78 is 5.67. The fourth-order valence-electron chi connectivity index (χ4n) is 2.92. The monoisotopic (exact) mass is 423 g/mol. The predicted molar refractivity (Wildman–Crippen MR) is 120 cm³/mol. The Hall–Kier alpha value is -3.38. The SMILES string of the molecule is CCOc1ccc2ccccc2c1C=NNC(=O)CC(=O)Nc1ccc(C)c(Cl)c1. The van der Waals surface area contributed by atoms with Crippen LogP contribution in [0.5, 0.6) is 5.75 Å². The summed E-state index contributed by atoms with van der Waals surface area (Å²) in [5, 5.41) is 9.19. The molecule has 0 saturated heterocycles. The Balaban J connectivity index is 1.65. The van der Waals surface area contributed by atoms with E-state index in [4.69, 9.17) is 16.3 Å². The van der Waals surface area contributed by atoms with Crippen LogP contribution in [0.25, 0.3) is 10.8 Å². The highest BCUT2D eigenvalue weighted by molar-refractivity contribution is 6.31. The van der Waals surface area contributed by atoms with Crippen LogP contribution >= 0.6 is 11.6 Å². The first-order valence-corrected chi connectivity index (χ1v) is 9.88. The maximum atomic E-state index is 12.1. The van der Waals surface area contributed by atoms with Crippen LogP contribution in [-0.2, 0) is 9.59 Å². The molecule has 0 saturated carbocycles. The second-order valence-corrected chi connectivity index (χ2v) is 7.02. The number of halogens is 1. The summed E-state index contributed by atoms with van der Waals surface area (Å²) in [4.78, 5) is 24.2. The van der Waals surface area contributed by atoms with Crippen molar-refractivity contribution in [2.75, 3.05) is 11.9 Å². The Morgan fingerprint density at radius 2 is 1.90 bits per heavy atom. The van der Waals surface area contributed by atoms with Gasteiger partial charge in [-0.05, 0) is 48.4 Å². The summed E-state index contributed by atoms with van der Waals surface area (Å²) in [6.07, 6.45) is 1.17. The summed E-state index contributed by atoms with van der Waals surface area (Å²) in [7, 11) is 0. The fourth-order valence-corrected chi connectivity index (χ4v) is 3.10. The third-order valence-electron chi connectivity index (χ3n) is 4.39. The molecule has 0 aliphatic carbocycles. The lowest BCUT2D eigenvalue weighted by molar-refractivity contribution is -0.126. The molecule has 0 spiro atoms. The van der Waals surface area contributed by atoms with Gasteiger partial charge in [0.1, 0.15) is 12.2 Å². The summed E-state index contributed by atoms with van der Waals surface area (Å²) in [6, 6.07) is 16.8. The number of nitrogens with zero attached hydrogens (tertiary/aromatic N) is 1. The van der Waals surface area contributed by atoms with Gasteiger partial charge in [-0.2, -0.15) is 5.10 Å². The van der Waals surface area contributed by atoms with E-state index in [-0.39, 0.29) is 6.42 Å². The molecule has 0 bridgehead atoms. The molecule has 0 heterocycles. The number of amides is 2. The van der Waals surface area contributed by atoms with Crippen molar-refractivity contribution in [1.29, 1.82) is 0 Å². The van der Waals surface area contributed by atoms with Gasteiger partial charge >= 0.3 is 0 Å². The molecule has 7 heteroatoms. The van der Waals surface area contributed by atoms with Gasteiger partial charge in [0, 0.05) is 16.3 Å². The molecule has 3 rings (SSSR count). The largest absolute Gasteiger partial charge is 0.493 e. The van der Waals surface area contributed by atoms with Crippen LogP contribution in [-0.4, -0.2) is 24.6 Å². The number of hydrogen-bond donors (Lipinski definition) is 2. The first-order valence-electron chi connectivity index (χ1n) is 9.50. The highest BCUT2D eigenvalue weighted by Crippen LogP contribution is 2.26. The lowest BCUT2D eigenvalue weighted by Crippen LogP contribution is -2.24. The lowest BCUT2D eigenvalue weighted by Gasteiger charge is -2.10. The molecule has 6 nitrogen and oxygen atoms in total. The third-order valence-corrected chi connectivity index (χ3v) is 4.80. The van der Waals surface area contributed by atoms with Crippen molar-refractivity contribution in [3.63, 3.8) is 0 Å². The average molecular weight is 424 g/mol. The average Bonchev–Trinajstić information content (AvgIpc) is 2.72. The molecule has 0 fully saturated rings. The van der Waals surface area contributed by atoms with Gasteiger partial charge in [-0.3, -0.25) is 9.59 Å². The first-order chi connectivity index (χ1) is 14.5. The van der Waals surface area contributed by atoms with E-state index in [0.717, 1.165) is 21.9 Å². The number of hydrazone groups is 1. The van der Waals surface area contributed by atoms with Crippen molar-refractivity contribution in [2.24, 2.45) is 5.10 Å². The molecule has 0 atom stereocenters. The standard InChI is InChI=1S/C23H22ClN3O3/c1-3-30-21-11-9-16-6-4-5-7-18(16)19(21)14-25-27-23(29)13-22(28)26-17-10-8-15(2)20(24)12-17/h4-12,14H,3,13H2,1-2H3,(H,26,28)(H,27,29). The molecular weight excluding hydrogens is 402 g/mol. The lowest BCUT2D eigenvalue weighted by atomic mass is 10.0. The third kappa shape index (κ3) is 5.36. The number of benzene rings is 3. The number of nitrogens with one attached hydrogen (secondary N) is 2. The van der Waals surface area contributed by atoms with E-state index in [1.165, 1.54) is 6.21 Å². The molecule has 0 radical (unpaired) electrons. The Labute approximate surface area is 179 Å². The first kappa shape index (κ1) is 21.3. The number of aryl methyl sites for hydroxylation is 1. The molecule has 2 amide bonds. The molecule has 0 aliphatic rings. The van der Waals surface area contributed by atoms with Gasteiger partial charge in [0.15, 0.2) is 0 Å². The molecule has 0 unspecified atom stereocenters. The maximum Gasteiger partial charge on any atom is 0.249 e. The normalized spacial score (nSPS) is 10.9. The van der Waals surface area contributed by atoms with Crippen LogP contribution in [0.3, 0.4) is 0 Å². The van der Waals surface area contributed by atoms with Gasteiger partial charge in [-0.25, -0.2) is 5.43 Å². The zero-order valence-electron chi connectivity index (χ0n) is 16.7. The minimum atomic E-state index is -0.528. The second kappa shape index (κ2) is 9.89. The maximum absolute atomic E-state index is 12.1. The Kier molecular flexibility index (Phi) is 7.03. The molecule has 154 valence electrons. The van der Waals surface area contributed by atoms with Crippen molar-refractivity contribution < 1.29 is 14.3 Å². The van der Waals surface area contributed by atoms with Gasteiger partial charge < -0.3 is 10.1 Å². The van der Waals surface area contributed by atoms with Crippen LogP contribution < -0.4 is 15.5 Å². The van der Waals surface area contributed by atoms with Gasteiger partial charge in [0.25, 0.3) is 0 Å². The molecule has 0 aliphatic heterocycles. The van der Waals surface area contributed by atoms with Crippen molar-refractivity contribution in [2.45, 2.75) is 20.3 Å². The van der Waals surface area contributed by atoms with E-state index >= 15 is 0 Å². The summed E-state index contributed by atoms with van der Waals surface area (Å²) >= 11 is 6.05. The van der Waals surface area contributed by atoms with Crippen molar-refractivity contribution in [1.82, 2.24) is 5.43 Å². The Morgan fingerprint density at radius 1 is 1.10 bits per heavy atom. The van der Waals surface area contributed by atoms with E-state index in [9.17, 15) is 9.59 Å². The zero-order chi connectivity index (χ0) is 21.5. The van der Waals surface area contributed by atoms with Gasteiger partial charge in [0.2, 0.25) is 11.8 Å². The fraction of sp³-hybridized carbons (Fsp3) is 0.174. The second-order valence-electron chi connectivity index (χ2n) is 6.61. The topological polar surface area (TPSA) is 79.8 Å². The molecule has 30 heavy (non-hydrogen) atoms. The number of fused-ring (bicyclic) bond motifs is 1. The smallest absolute Gasteiger partial charge is 0.249 e.